The van der Waals surface area contributed by atoms with Crippen molar-refractivity contribution in [2.75, 3.05) is 5.32 Å². The molecule has 1 aliphatic rings. The van der Waals surface area contributed by atoms with Crippen molar-refractivity contribution in [1.29, 1.82) is 0 Å². The average molecular weight is 424 g/mol. The van der Waals surface area contributed by atoms with Gasteiger partial charge in [-0.3, -0.25) is 9.36 Å². The predicted octanol–water partition coefficient (Wildman–Crippen LogP) is 4.28. The number of rotatable bonds is 4. The van der Waals surface area contributed by atoms with Crippen LogP contribution < -0.4 is 5.32 Å². The first-order valence-electron chi connectivity index (χ1n) is 10.2. The Morgan fingerprint density at radius 1 is 1.09 bits per heavy atom. The van der Waals surface area contributed by atoms with Gasteiger partial charge in [-0.2, -0.15) is 0 Å². The lowest BCUT2D eigenvalue weighted by Crippen LogP contribution is -2.23. The molecule has 5 rings (SSSR count). The molecular formula is C25H20N4O3. The molecule has 7 nitrogen and oxygen atoms in total. The van der Waals surface area contributed by atoms with Crippen LogP contribution in [0.1, 0.15) is 43.8 Å². The highest BCUT2D eigenvalue weighted by Gasteiger charge is 2.28. The van der Waals surface area contributed by atoms with Gasteiger partial charge >= 0.3 is 5.97 Å². The molecule has 1 atom stereocenters. The number of fused-ring (bicyclic) bond motifs is 1. The number of amides is 1. The fourth-order valence-corrected chi connectivity index (χ4v) is 3.82. The van der Waals surface area contributed by atoms with E-state index in [1.165, 1.54) is 0 Å². The van der Waals surface area contributed by atoms with Gasteiger partial charge in [0, 0.05) is 24.4 Å². The number of ether oxygens (including phenoxy) is 1. The van der Waals surface area contributed by atoms with Crippen molar-refractivity contribution in [2.24, 2.45) is 0 Å². The maximum Gasteiger partial charge on any atom is 0.339 e. The van der Waals surface area contributed by atoms with Gasteiger partial charge < -0.3 is 10.1 Å². The van der Waals surface area contributed by atoms with E-state index in [4.69, 9.17) is 4.74 Å². The van der Waals surface area contributed by atoms with Crippen LogP contribution in [0.3, 0.4) is 0 Å². The third-order valence-electron chi connectivity index (χ3n) is 5.49. The Morgan fingerprint density at radius 3 is 2.66 bits per heavy atom. The van der Waals surface area contributed by atoms with E-state index in [2.05, 4.69) is 15.3 Å². The summed E-state index contributed by atoms with van der Waals surface area (Å²) in [6.07, 6.45) is 5.30. The number of benzene rings is 2. The van der Waals surface area contributed by atoms with Crippen molar-refractivity contribution >= 4 is 17.6 Å². The minimum Gasteiger partial charge on any atom is -0.454 e. The molecule has 0 radical (unpaired) electrons. The lowest BCUT2D eigenvalue weighted by atomic mass is 9.93. The first-order valence-corrected chi connectivity index (χ1v) is 10.2. The van der Waals surface area contributed by atoms with Crippen LogP contribution in [0.2, 0.25) is 0 Å². The number of hydrogen-bond donors (Lipinski definition) is 1. The normalized spacial score (nSPS) is 15.0. The largest absolute Gasteiger partial charge is 0.454 e. The Labute approximate surface area is 184 Å². The van der Waals surface area contributed by atoms with E-state index in [1.54, 1.807) is 36.7 Å². The molecule has 4 aromatic rings. The second kappa shape index (κ2) is 8.11. The summed E-state index contributed by atoms with van der Waals surface area (Å²) in [5.41, 5.74) is 3.28. The highest BCUT2D eigenvalue weighted by atomic mass is 16.5. The van der Waals surface area contributed by atoms with E-state index in [0.717, 1.165) is 22.8 Å². The number of esters is 1. The average Bonchev–Trinajstić information content (AvgIpc) is 3.25. The van der Waals surface area contributed by atoms with Gasteiger partial charge in [0.25, 0.3) is 5.91 Å². The van der Waals surface area contributed by atoms with Gasteiger partial charge in [0.15, 0.2) is 0 Å². The second-order valence-corrected chi connectivity index (χ2v) is 7.58. The molecule has 0 saturated carbocycles. The Hall–Kier alpha value is -4.26. The molecular weight excluding hydrogens is 404 g/mol. The zero-order valence-corrected chi connectivity index (χ0v) is 17.4. The van der Waals surface area contributed by atoms with Gasteiger partial charge in [0.2, 0.25) is 0 Å². The van der Waals surface area contributed by atoms with Crippen molar-refractivity contribution < 1.29 is 14.3 Å². The number of anilines is 1. The molecule has 0 fully saturated rings. The zero-order chi connectivity index (χ0) is 22.1. The molecule has 158 valence electrons. The van der Waals surface area contributed by atoms with Crippen LogP contribution in [0, 0.1) is 6.92 Å². The van der Waals surface area contributed by atoms with Crippen molar-refractivity contribution in [1.82, 2.24) is 14.5 Å². The predicted molar refractivity (Wildman–Crippen MR) is 119 cm³/mol. The number of nitrogens with one attached hydrogen (secondary N) is 1. The van der Waals surface area contributed by atoms with Crippen LogP contribution >= 0.6 is 0 Å². The van der Waals surface area contributed by atoms with E-state index in [-0.39, 0.29) is 18.0 Å². The fourth-order valence-electron chi connectivity index (χ4n) is 3.82. The lowest BCUT2D eigenvalue weighted by molar-refractivity contribution is 0.0252. The Bertz CT molecular complexity index is 1300. The van der Waals surface area contributed by atoms with E-state index in [9.17, 15) is 9.59 Å². The number of cyclic esters (lactones) is 1. The summed E-state index contributed by atoms with van der Waals surface area (Å²) in [5, 5.41) is 2.86. The number of aromatic nitrogens is 3. The second-order valence-electron chi connectivity index (χ2n) is 7.58. The number of imidazole rings is 1. The Morgan fingerprint density at radius 2 is 1.94 bits per heavy atom. The summed E-state index contributed by atoms with van der Waals surface area (Å²) < 4.78 is 7.45. The molecule has 1 aliphatic heterocycles. The maximum absolute atomic E-state index is 12.8. The van der Waals surface area contributed by atoms with Crippen molar-refractivity contribution in [3.63, 3.8) is 0 Å². The van der Waals surface area contributed by atoms with E-state index in [1.807, 2.05) is 54.1 Å². The van der Waals surface area contributed by atoms with Crippen molar-refractivity contribution in [2.45, 2.75) is 19.4 Å². The first-order chi connectivity index (χ1) is 15.6. The third-order valence-corrected chi connectivity index (χ3v) is 5.49. The summed E-state index contributed by atoms with van der Waals surface area (Å²) in [7, 11) is 0. The van der Waals surface area contributed by atoms with E-state index >= 15 is 0 Å². The molecule has 1 unspecified atom stereocenters. The van der Waals surface area contributed by atoms with Crippen LogP contribution in [0.5, 0.6) is 0 Å². The Balaban J connectivity index is 1.34. The minimum absolute atomic E-state index is 0.267. The number of hydrogen-bond acceptors (Lipinski definition) is 5. The summed E-state index contributed by atoms with van der Waals surface area (Å²) >= 11 is 0. The molecule has 0 spiro atoms. The molecule has 0 bridgehead atoms. The SMILES string of the molecule is Cc1nccn1-c1ccc(NC(=O)c2ccc3c(c2)CC(c2ccccc2)OC3=O)cn1. The standard InChI is InChI=1S/C25H20N4O3/c1-16-26-11-12-29(16)23-10-8-20(15-27-23)28-24(30)18-7-9-21-19(13-18)14-22(32-25(21)31)17-5-3-2-4-6-17/h2-13,15,22H,14H2,1H3,(H,28,30). The highest BCUT2D eigenvalue weighted by Crippen LogP contribution is 2.31. The monoisotopic (exact) mass is 424 g/mol. The smallest absolute Gasteiger partial charge is 0.339 e. The number of pyridine rings is 1. The van der Waals surface area contributed by atoms with Gasteiger partial charge in [0.1, 0.15) is 17.7 Å². The highest BCUT2D eigenvalue weighted by molar-refractivity contribution is 6.05. The number of nitrogens with zero attached hydrogens (tertiary/aromatic N) is 3. The van der Waals surface area contributed by atoms with Gasteiger partial charge in [-0.15, -0.1) is 0 Å². The lowest BCUT2D eigenvalue weighted by Gasteiger charge is -2.25. The quantitative estimate of drug-likeness (QED) is 0.494. The summed E-state index contributed by atoms with van der Waals surface area (Å²) in [4.78, 5) is 33.9. The molecule has 32 heavy (non-hydrogen) atoms. The minimum atomic E-state index is -0.373. The number of aryl methyl sites for hydroxylation is 1. The fraction of sp³-hybridized carbons (Fsp3) is 0.120. The first kappa shape index (κ1) is 19.7. The van der Waals surface area contributed by atoms with Crippen LogP contribution in [-0.4, -0.2) is 26.4 Å². The molecule has 1 N–H and O–H groups in total. The van der Waals surface area contributed by atoms with Gasteiger partial charge in [-0.1, -0.05) is 30.3 Å². The third kappa shape index (κ3) is 3.76. The number of carbonyl (C=O) groups excluding carboxylic acids is 2. The van der Waals surface area contributed by atoms with E-state index in [0.29, 0.717) is 23.2 Å². The van der Waals surface area contributed by atoms with Crippen molar-refractivity contribution in [3.8, 4) is 5.82 Å². The van der Waals surface area contributed by atoms with Crippen LogP contribution in [0.4, 0.5) is 5.69 Å². The van der Waals surface area contributed by atoms with Crippen LogP contribution in [0.15, 0.2) is 79.3 Å². The van der Waals surface area contributed by atoms with Gasteiger partial charge in [-0.05, 0) is 48.4 Å². The molecule has 2 aromatic heterocycles. The van der Waals surface area contributed by atoms with Gasteiger partial charge in [-0.25, -0.2) is 14.8 Å². The maximum atomic E-state index is 12.8. The summed E-state index contributed by atoms with van der Waals surface area (Å²) in [5.74, 6) is 0.908. The summed E-state index contributed by atoms with van der Waals surface area (Å²) in [6.45, 7) is 1.89. The molecule has 1 amide bonds. The number of carbonyl (C=O) groups is 2. The van der Waals surface area contributed by atoms with E-state index < -0.39 is 0 Å². The topological polar surface area (TPSA) is 86.1 Å². The van der Waals surface area contributed by atoms with Crippen LogP contribution in [0.25, 0.3) is 5.82 Å². The summed E-state index contributed by atoms with van der Waals surface area (Å²) in [6, 6.07) is 18.3. The molecule has 0 aliphatic carbocycles. The molecule has 3 heterocycles. The zero-order valence-electron chi connectivity index (χ0n) is 17.4. The molecule has 2 aromatic carbocycles. The molecule has 0 saturated heterocycles. The Kier molecular flexibility index (Phi) is 4.99. The van der Waals surface area contributed by atoms with Crippen molar-refractivity contribution in [3.05, 3.63) is 107 Å². The molecule has 7 heteroatoms. The van der Waals surface area contributed by atoms with Crippen LogP contribution in [-0.2, 0) is 11.2 Å². The van der Waals surface area contributed by atoms with Gasteiger partial charge in [0.05, 0.1) is 17.4 Å².